The fourth-order valence-corrected chi connectivity index (χ4v) is 2.72. The van der Waals surface area contributed by atoms with Crippen molar-refractivity contribution in [2.75, 3.05) is 13.1 Å². The molecule has 2 aromatic heterocycles. The first-order chi connectivity index (χ1) is 10.2. The predicted octanol–water partition coefficient (Wildman–Crippen LogP) is 1.44. The predicted molar refractivity (Wildman–Crippen MR) is 74.5 cm³/mol. The van der Waals surface area contributed by atoms with E-state index in [2.05, 4.69) is 20.3 Å². The number of aromatic amines is 1. The lowest BCUT2D eigenvalue weighted by Crippen LogP contribution is -2.39. The standard InChI is InChI=1S/C14H19N5O2/c1-10-17-14(18-21-10)12-3-2-6-19(9-12)13(20)5-4-11-7-15-16-8-11/h7-8,12H,2-6,9H2,1H3,(H,15,16)/t12-/m0/s1. The van der Waals surface area contributed by atoms with Crippen LogP contribution in [-0.4, -0.2) is 44.2 Å². The quantitative estimate of drug-likeness (QED) is 0.920. The van der Waals surface area contributed by atoms with Crippen molar-refractivity contribution in [3.8, 4) is 0 Å². The Morgan fingerprint density at radius 1 is 1.57 bits per heavy atom. The van der Waals surface area contributed by atoms with Crippen LogP contribution in [0.2, 0.25) is 0 Å². The Labute approximate surface area is 122 Å². The number of nitrogens with one attached hydrogen (secondary N) is 1. The van der Waals surface area contributed by atoms with Gasteiger partial charge in [-0.25, -0.2) is 0 Å². The van der Waals surface area contributed by atoms with Crippen LogP contribution in [0.3, 0.4) is 0 Å². The number of rotatable bonds is 4. The molecule has 1 aliphatic rings. The molecule has 7 nitrogen and oxygen atoms in total. The first-order valence-electron chi connectivity index (χ1n) is 7.28. The third kappa shape index (κ3) is 3.29. The Bertz CT molecular complexity index is 592. The van der Waals surface area contributed by atoms with Gasteiger partial charge in [0, 0.05) is 38.5 Å². The Kier molecular flexibility index (Phi) is 3.98. The second-order valence-electron chi connectivity index (χ2n) is 5.46. The van der Waals surface area contributed by atoms with Crippen molar-refractivity contribution in [2.45, 2.75) is 38.5 Å². The minimum atomic E-state index is 0.182. The van der Waals surface area contributed by atoms with Gasteiger partial charge in [0.05, 0.1) is 6.20 Å². The van der Waals surface area contributed by atoms with Crippen molar-refractivity contribution < 1.29 is 9.32 Å². The molecule has 0 aliphatic carbocycles. The SMILES string of the molecule is Cc1nc([C@H]2CCCN(C(=O)CCc3cn[nH]c3)C2)no1. The molecule has 3 rings (SSSR count). The molecule has 0 radical (unpaired) electrons. The number of amides is 1. The van der Waals surface area contributed by atoms with Crippen molar-refractivity contribution in [3.63, 3.8) is 0 Å². The number of hydrogen-bond acceptors (Lipinski definition) is 5. The summed E-state index contributed by atoms with van der Waals surface area (Å²) in [6.45, 7) is 3.29. The van der Waals surface area contributed by atoms with Crippen LogP contribution in [0, 0.1) is 6.92 Å². The number of aromatic nitrogens is 4. The normalized spacial score (nSPS) is 18.9. The molecule has 1 fully saturated rings. The highest BCUT2D eigenvalue weighted by Crippen LogP contribution is 2.25. The minimum absolute atomic E-state index is 0.182. The smallest absolute Gasteiger partial charge is 0.223 e. The number of nitrogens with zero attached hydrogens (tertiary/aromatic N) is 4. The van der Waals surface area contributed by atoms with Crippen LogP contribution >= 0.6 is 0 Å². The van der Waals surface area contributed by atoms with E-state index in [1.54, 1.807) is 13.1 Å². The van der Waals surface area contributed by atoms with Crippen molar-refractivity contribution in [1.82, 2.24) is 25.2 Å². The summed E-state index contributed by atoms with van der Waals surface area (Å²) in [6, 6.07) is 0. The first kappa shape index (κ1) is 13.8. The number of H-pyrrole nitrogens is 1. The Balaban J connectivity index is 1.56. The maximum atomic E-state index is 12.3. The van der Waals surface area contributed by atoms with Gasteiger partial charge in [-0.15, -0.1) is 0 Å². The van der Waals surface area contributed by atoms with Gasteiger partial charge in [-0.3, -0.25) is 9.89 Å². The van der Waals surface area contributed by atoms with Crippen LogP contribution in [0.5, 0.6) is 0 Å². The monoisotopic (exact) mass is 289 g/mol. The zero-order valence-electron chi connectivity index (χ0n) is 12.1. The highest BCUT2D eigenvalue weighted by atomic mass is 16.5. The number of likely N-dealkylation sites (tertiary alicyclic amines) is 1. The largest absolute Gasteiger partial charge is 0.342 e. The van der Waals surface area contributed by atoms with E-state index in [1.807, 2.05) is 11.1 Å². The maximum absolute atomic E-state index is 12.3. The summed E-state index contributed by atoms with van der Waals surface area (Å²) in [4.78, 5) is 18.5. The van der Waals surface area contributed by atoms with E-state index in [0.29, 0.717) is 18.9 Å². The molecule has 0 spiro atoms. The second kappa shape index (κ2) is 6.07. The Morgan fingerprint density at radius 3 is 3.19 bits per heavy atom. The van der Waals surface area contributed by atoms with E-state index in [9.17, 15) is 4.79 Å². The molecule has 21 heavy (non-hydrogen) atoms. The fraction of sp³-hybridized carbons (Fsp3) is 0.571. The first-order valence-corrected chi connectivity index (χ1v) is 7.28. The zero-order chi connectivity index (χ0) is 14.7. The average molecular weight is 289 g/mol. The molecule has 1 atom stereocenters. The molecule has 1 N–H and O–H groups in total. The van der Waals surface area contributed by atoms with E-state index in [1.165, 1.54) is 0 Å². The summed E-state index contributed by atoms with van der Waals surface area (Å²) in [5.74, 6) is 1.67. The van der Waals surface area contributed by atoms with E-state index in [4.69, 9.17) is 4.52 Å². The summed E-state index contributed by atoms with van der Waals surface area (Å²) >= 11 is 0. The number of aryl methyl sites for hydroxylation is 2. The van der Waals surface area contributed by atoms with Crippen molar-refractivity contribution >= 4 is 5.91 Å². The molecule has 0 aromatic carbocycles. The summed E-state index contributed by atoms with van der Waals surface area (Å²) < 4.78 is 5.03. The van der Waals surface area contributed by atoms with Crippen LogP contribution in [0.25, 0.3) is 0 Å². The van der Waals surface area contributed by atoms with Crippen molar-refractivity contribution in [3.05, 3.63) is 29.7 Å². The van der Waals surface area contributed by atoms with Gasteiger partial charge in [0.2, 0.25) is 11.8 Å². The molecular weight excluding hydrogens is 270 g/mol. The van der Waals surface area contributed by atoms with Crippen molar-refractivity contribution in [2.24, 2.45) is 0 Å². The lowest BCUT2D eigenvalue weighted by atomic mass is 9.97. The minimum Gasteiger partial charge on any atom is -0.342 e. The molecule has 1 saturated heterocycles. The zero-order valence-corrected chi connectivity index (χ0v) is 12.1. The lowest BCUT2D eigenvalue weighted by Gasteiger charge is -2.31. The molecule has 1 aliphatic heterocycles. The number of hydrogen-bond donors (Lipinski definition) is 1. The average Bonchev–Trinajstić information content (AvgIpc) is 3.16. The number of carbonyl (C=O) groups excluding carboxylic acids is 1. The maximum Gasteiger partial charge on any atom is 0.223 e. The molecule has 3 heterocycles. The molecule has 1 amide bonds. The highest BCUT2D eigenvalue weighted by molar-refractivity contribution is 5.76. The number of piperidine rings is 1. The van der Waals surface area contributed by atoms with Gasteiger partial charge in [0.15, 0.2) is 5.82 Å². The van der Waals surface area contributed by atoms with E-state index in [-0.39, 0.29) is 11.8 Å². The summed E-state index contributed by atoms with van der Waals surface area (Å²) in [5.41, 5.74) is 1.06. The number of carbonyl (C=O) groups is 1. The fourth-order valence-electron chi connectivity index (χ4n) is 2.72. The Morgan fingerprint density at radius 2 is 2.48 bits per heavy atom. The van der Waals surface area contributed by atoms with E-state index >= 15 is 0 Å². The molecular formula is C14H19N5O2. The van der Waals surface area contributed by atoms with Gasteiger partial charge in [0.25, 0.3) is 0 Å². The second-order valence-corrected chi connectivity index (χ2v) is 5.46. The van der Waals surface area contributed by atoms with Crippen LogP contribution < -0.4 is 0 Å². The van der Waals surface area contributed by atoms with Gasteiger partial charge < -0.3 is 9.42 Å². The summed E-state index contributed by atoms with van der Waals surface area (Å²) in [6.07, 6.45) is 6.80. The van der Waals surface area contributed by atoms with Gasteiger partial charge in [-0.05, 0) is 24.8 Å². The van der Waals surface area contributed by atoms with Crippen LogP contribution in [0.15, 0.2) is 16.9 Å². The molecule has 7 heteroatoms. The van der Waals surface area contributed by atoms with E-state index < -0.39 is 0 Å². The summed E-state index contributed by atoms with van der Waals surface area (Å²) in [7, 11) is 0. The highest BCUT2D eigenvalue weighted by Gasteiger charge is 2.27. The Hall–Kier alpha value is -2.18. The topological polar surface area (TPSA) is 87.9 Å². The molecule has 0 saturated carbocycles. The van der Waals surface area contributed by atoms with E-state index in [0.717, 1.165) is 37.2 Å². The molecule has 0 bridgehead atoms. The van der Waals surface area contributed by atoms with Crippen LogP contribution in [0.1, 0.15) is 42.5 Å². The van der Waals surface area contributed by atoms with Gasteiger partial charge in [-0.2, -0.15) is 10.1 Å². The van der Waals surface area contributed by atoms with Gasteiger partial charge in [-0.1, -0.05) is 5.16 Å². The third-order valence-corrected chi connectivity index (χ3v) is 3.86. The van der Waals surface area contributed by atoms with Gasteiger partial charge >= 0.3 is 0 Å². The molecule has 112 valence electrons. The molecule has 2 aromatic rings. The van der Waals surface area contributed by atoms with Crippen LogP contribution in [-0.2, 0) is 11.2 Å². The van der Waals surface area contributed by atoms with Gasteiger partial charge in [0.1, 0.15) is 0 Å². The third-order valence-electron chi connectivity index (χ3n) is 3.86. The molecule has 0 unspecified atom stereocenters. The van der Waals surface area contributed by atoms with Crippen LogP contribution in [0.4, 0.5) is 0 Å². The summed E-state index contributed by atoms with van der Waals surface area (Å²) in [5, 5.41) is 10.6. The lowest BCUT2D eigenvalue weighted by molar-refractivity contribution is -0.132. The van der Waals surface area contributed by atoms with Crippen molar-refractivity contribution in [1.29, 1.82) is 0 Å².